The summed E-state index contributed by atoms with van der Waals surface area (Å²) in [4.78, 5) is 0. The van der Waals surface area contributed by atoms with Gasteiger partial charge in [-0.1, -0.05) is 22.0 Å². The van der Waals surface area contributed by atoms with Crippen molar-refractivity contribution >= 4 is 43.2 Å². The third-order valence-corrected chi connectivity index (χ3v) is 4.42. The minimum Gasteiger partial charge on any atom is -0.388 e. The highest BCUT2D eigenvalue weighted by molar-refractivity contribution is 9.11. The Morgan fingerprint density at radius 3 is 2.65 bits per heavy atom. The van der Waals surface area contributed by atoms with Gasteiger partial charge in [0.1, 0.15) is 5.82 Å². The predicted molar refractivity (Wildman–Crippen MR) is 74.8 cm³/mol. The lowest BCUT2D eigenvalue weighted by Crippen LogP contribution is -2.02. The van der Waals surface area contributed by atoms with Crippen LogP contribution in [0.2, 0.25) is 0 Å². The average Bonchev–Trinajstić information content (AvgIpc) is 2.69. The molecule has 0 spiro atoms. The molecule has 0 bridgehead atoms. The predicted octanol–water partition coefficient (Wildman–Crippen LogP) is 4.69. The van der Waals surface area contributed by atoms with E-state index in [9.17, 15) is 9.50 Å². The smallest absolute Gasteiger partial charge is 0.127 e. The summed E-state index contributed by atoms with van der Waals surface area (Å²) in [7, 11) is 0. The monoisotopic (exact) mass is 378 g/mol. The van der Waals surface area contributed by atoms with E-state index in [1.807, 2.05) is 11.4 Å². The van der Waals surface area contributed by atoms with Gasteiger partial charge in [0, 0.05) is 10.9 Å². The van der Waals surface area contributed by atoms with E-state index in [4.69, 9.17) is 0 Å². The standard InChI is InChI=1S/C12H9Br2FOS/c13-9-2-1-7(10(15)5-9)3-11(16)8-4-12(14)17-6-8/h1-2,4-6,11,16H,3H2. The Labute approximate surface area is 120 Å². The number of thiophene rings is 1. The van der Waals surface area contributed by atoms with Crippen molar-refractivity contribution in [2.24, 2.45) is 0 Å². The van der Waals surface area contributed by atoms with Crippen LogP contribution in [-0.4, -0.2) is 5.11 Å². The van der Waals surface area contributed by atoms with Crippen LogP contribution >= 0.6 is 43.2 Å². The molecule has 1 heterocycles. The van der Waals surface area contributed by atoms with Gasteiger partial charge in [-0.25, -0.2) is 4.39 Å². The highest BCUT2D eigenvalue weighted by atomic mass is 79.9. The Balaban J connectivity index is 2.15. The molecule has 17 heavy (non-hydrogen) atoms. The Hall–Kier alpha value is -0.230. The maximum absolute atomic E-state index is 13.6. The molecule has 2 rings (SSSR count). The van der Waals surface area contributed by atoms with E-state index >= 15 is 0 Å². The molecule has 1 unspecified atom stereocenters. The summed E-state index contributed by atoms with van der Waals surface area (Å²) in [6.45, 7) is 0. The van der Waals surface area contributed by atoms with Crippen molar-refractivity contribution in [3.8, 4) is 0 Å². The third-order valence-electron chi connectivity index (χ3n) is 2.40. The first kappa shape index (κ1) is 13.2. The van der Waals surface area contributed by atoms with Gasteiger partial charge in [-0.15, -0.1) is 11.3 Å². The molecule has 1 atom stereocenters. The van der Waals surface area contributed by atoms with Gasteiger partial charge in [0.15, 0.2) is 0 Å². The van der Waals surface area contributed by atoms with Crippen LogP contribution in [0.5, 0.6) is 0 Å². The lowest BCUT2D eigenvalue weighted by atomic mass is 10.0. The van der Waals surface area contributed by atoms with Gasteiger partial charge < -0.3 is 5.11 Å². The van der Waals surface area contributed by atoms with Crippen LogP contribution in [0.4, 0.5) is 4.39 Å². The van der Waals surface area contributed by atoms with Gasteiger partial charge in [-0.05, 0) is 50.6 Å². The first-order chi connectivity index (χ1) is 8.06. The van der Waals surface area contributed by atoms with Crippen molar-refractivity contribution in [1.82, 2.24) is 0 Å². The molecule has 5 heteroatoms. The summed E-state index contributed by atoms with van der Waals surface area (Å²) in [5.41, 5.74) is 1.33. The molecule has 0 amide bonds. The maximum Gasteiger partial charge on any atom is 0.127 e. The molecule has 0 aliphatic heterocycles. The second kappa shape index (κ2) is 5.61. The second-order valence-corrected chi connectivity index (χ2v) is 6.85. The topological polar surface area (TPSA) is 20.2 Å². The number of aliphatic hydroxyl groups is 1. The average molecular weight is 380 g/mol. The minimum absolute atomic E-state index is 0.280. The number of halogens is 3. The molecule has 1 nitrogen and oxygen atoms in total. The first-order valence-electron chi connectivity index (χ1n) is 4.92. The fourth-order valence-corrected chi connectivity index (χ4v) is 3.07. The van der Waals surface area contributed by atoms with Crippen LogP contribution in [0.15, 0.2) is 37.9 Å². The fraction of sp³-hybridized carbons (Fsp3) is 0.167. The molecule has 1 N–H and O–H groups in total. The van der Waals surface area contributed by atoms with Crippen LogP contribution < -0.4 is 0 Å². The van der Waals surface area contributed by atoms with Crippen molar-refractivity contribution in [2.45, 2.75) is 12.5 Å². The lowest BCUT2D eigenvalue weighted by molar-refractivity contribution is 0.177. The first-order valence-corrected chi connectivity index (χ1v) is 7.39. The number of benzene rings is 1. The van der Waals surface area contributed by atoms with Gasteiger partial charge in [0.05, 0.1) is 9.89 Å². The summed E-state index contributed by atoms with van der Waals surface area (Å²) in [5, 5.41) is 11.9. The molecule has 1 aromatic carbocycles. The molecule has 90 valence electrons. The molecule has 0 radical (unpaired) electrons. The van der Waals surface area contributed by atoms with E-state index in [0.717, 1.165) is 9.35 Å². The van der Waals surface area contributed by atoms with E-state index in [1.165, 1.54) is 17.4 Å². The summed E-state index contributed by atoms with van der Waals surface area (Å²) in [5.74, 6) is -0.298. The van der Waals surface area contributed by atoms with Crippen LogP contribution in [-0.2, 0) is 6.42 Å². The van der Waals surface area contributed by atoms with Gasteiger partial charge in [-0.3, -0.25) is 0 Å². The molecule has 0 aliphatic carbocycles. The van der Waals surface area contributed by atoms with Crippen LogP contribution in [0, 0.1) is 5.82 Å². The van der Waals surface area contributed by atoms with Crippen molar-refractivity contribution < 1.29 is 9.50 Å². The zero-order valence-electron chi connectivity index (χ0n) is 8.66. The van der Waals surface area contributed by atoms with Crippen molar-refractivity contribution in [2.75, 3.05) is 0 Å². The van der Waals surface area contributed by atoms with Crippen LogP contribution in [0.1, 0.15) is 17.2 Å². The van der Waals surface area contributed by atoms with Crippen molar-refractivity contribution in [3.05, 3.63) is 54.8 Å². The molecule has 2 aromatic rings. The van der Waals surface area contributed by atoms with Gasteiger partial charge >= 0.3 is 0 Å². The SMILES string of the molecule is OC(Cc1ccc(Br)cc1F)c1csc(Br)c1. The third kappa shape index (κ3) is 3.37. The second-order valence-electron chi connectivity index (χ2n) is 3.64. The largest absolute Gasteiger partial charge is 0.388 e. The minimum atomic E-state index is -0.673. The van der Waals surface area contributed by atoms with Gasteiger partial charge in [0.25, 0.3) is 0 Å². The molecule has 0 saturated carbocycles. The van der Waals surface area contributed by atoms with Crippen LogP contribution in [0.25, 0.3) is 0 Å². The summed E-state index contributed by atoms with van der Waals surface area (Å²) in [6, 6.07) is 6.72. The van der Waals surface area contributed by atoms with Gasteiger partial charge in [-0.2, -0.15) is 0 Å². The molecular formula is C12H9Br2FOS. The number of hydrogen-bond donors (Lipinski definition) is 1. The number of hydrogen-bond acceptors (Lipinski definition) is 2. The van der Waals surface area contributed by atoms with E-state index < -0.39 is 6.10 Å². The van der Waals surface area contributed by atoms with E-state index in [0.29, 0.717) is 10.0 Å². The van der Waals surface area contributed by atoms with Crippen molar-refractivity contribution in [3.63, 3.8) is 0 Å². The molecular weight excluding hydrogens is 371 g/mol. The van der Waals surface area contributed by atoms with Crippen LogP contribution in [0.3, 0.4) is 0 Å². The Bertz CT molecular complexity index is 527. The van der Waals surface area contributed by atoms with E-state index in [1.54, 1.807) is 12.1 Å². The maximum atomic E-state index is 13.6. The Morgan fingerprint density at radius 1 is 1.29 bits per heavy atom. The molecule has 0 fully saturated rings. The molecule has 0 saturated heterocycles. The highest BCUT2D eigenvalue weighted by Crippen LogP contribution is 2.28. The number of aliphatic hydroxyl groups excluding tert-OH is 1. The Morgan fingerprint density at radius 2 is 2.06 bits per heavy atom. The quantitative estimate of drug-likeness (QED) is 0.820. The van der Waals surface area contributed by atoms with Gasteiger partial charge in [0.2, 0.25) is 0 Å². The number of rotatable bonds is 3. The van der Waals surface area contributed by atoms with Crippen molar-refractivity contribution in [1.29, 1.82) is 0 Å². The van der Waals surface area contributed by atoms with E-state index in [2.05, 4.69) is 31.9 Å². The normalized spacial score (nSPS) is 12.7. The molecule has 1 aromatic heterocycles. The lowest BCUT2D eigenvalue weighted by Gasteiger charge is -2.09. The zero-order chi connectivity index (χ0) is 12.4. The molecule has 0 aliphatic rings. The fourth-order valence-electron chi connectivity index (χ4n) is 1.51. The van der Waals surface area contributed by atoms with E-state index in [-0.39, 0.29) is 12.2 Å². The summed E-state index contributed by atoms with van der Waals surface area (Å²) < 4.78 is 15.2. The summed E-state index contributed by atoms with van der Waals surface area (Å²) >= 11 is 8.05. The Kier molecular flexibility index (Phi) is 4.36. The summed E-state index contributed by atoms with van der Waals surface area (Å²) in [6.07, 6.45) is -0.393. The zero-order valence-corrected chi connectivity index (χ0v) is 12.6. The highest BCUT2D eigenvalue weighted by Gasteiger charge is 2.13.